The van der Waals surface area contributed by atoms with Gasteiger partial charge in [-0.15, -0.1) is 0 Å². The second-order valence-electron chi connectivity index (χ2n) is 8.43. The second kappa shape index (κ2) is 11.4. The third-order valence-electron chi connectivity index (χ3n) is 6.19. The van der Waals surface area contributed by atoms with Crippen LogP contribution < -0.4 is 4.90 Å². The SMILES string of the molecule is COCCn1ncnc1-c1nc(N2CC[C@@H](CC(=O)c3[nH]c(C)c(Cl)c3Br)[C@@H](OC)C2)sc1C(=O)O. The Morgan fingerprint density at radius 2 is 2.17 bits per heavy atom. The molecule has 2 N–H and O–H groups in total. The van der Waals surface area contributed by atoms with Crippen molar-refractivity contribution in [2.45, 2.75) is 32.4 Å². The molecule has 0 unspecified atom stereocenters. The fraction of sp³-hybridized carbons (Fsp3) is 0.500. The first-order chi connectivity index (χ1) is 17.2. The van der Waals surface area contributed by atoms with E-state index in [4.69, 9.17) is 21.1 Å². The van der Waals surface area contributed by atoms with Crippen LogP contribution in [0, 0.1) is 12.8 Å². The summed E-state index contributed by atoms with van der Waals surface area (Å²) >= 11 is 10.7. The number of nitrogens with one attached hydrogen (secondary N) is 1. The number of hydrogen-bond acceptors (Lipinski definition) is 9. The van der Waals surface area contributed by atoms with E-state index in [-0.39, 0.29) is 28.4 Å². The van der Waals surface area contributed by atoms with Gasteiger partial charge in [0.05, 0.1) is 34.4 Å². The topological polar surface area (TPSA) is 135 Å². The minimum absolute atomic E-state index is 0.0106. The van der Waals surface area contributed by atoms with E-state index in [2.05, 4.69) is 36.0 Å². The van der Waals surface area contributed by atoms with Crippen molar-refractivity contribution >= 4 is 55.8 Å². The van der Waals surface area contributed by atoms with Crippen LogP contribution in [0.15, 0.2) is 10.8 Å². The monoisotopic (exact) mass is 600 g/mol. The molecule has 0 amide bonds. The molecule has 0 radical (unpaired) electrons. The van der Waals surface area contributed by atoms with Crippen LogP contribution in [0.2, 0.25) is 5.02 Å². The quantitative estimate of drug-likeness (QED) is 0.332. The van der Waals surface area contributed by atoms with Crippen molar-refractivity contribution in [1.82, 2.24) is 24.7 Å². The van der Waals surface area contributed by atoms with Gasteiger partial charge in [0, 0.05) is 39.4 Å². The molecule has 36 heavy (non-hydrogen) atoms. The molecule has 0 bridgehead atoms. The molecule has 4 heterocycles. The molecule has 1 saturated heterocycles. The number of aromatic carboxylic acids is 1. The number of carbonyl (C=O) groups is 2. The molecule has 3 aromatic rings. The van der Waals surface area contributed by atoms with Crippen LogP contribution in [0.3, 0.4) is 0 Å². The molecule has 3 aromatic heterocycles. The standard InChI is InChI=1S/C22H26BrClN6O5S/c1-11-16(24)15(23)17(27-11)13(31)8-12-4-5-29(9-14(12)35-3)22-28-18(19(36-22)21(32)33)20-25-10-26-30(20)6-7-34-2/h10,12,14,27H,4-9H2,1-3H3,(H,32,33)/t12-,14-/m0/s1. The number of aromatic nitrogens is 5. The number of rotatable bonds is 10. The van der Waals surface area contributed by atoms with Gasteiger partial charge < -0.3 is 24.5 Å². The summed E-state index contributed by atoms with van der Waals surface area (Å²) in [6.45, 7) is 3.72. The Bertz CT molecular complexity index is 1260. The molecule has 0 aromatic carbocycles. The van der Waals surface area contributed by atoms with Crippen molar-refractivity contribution in [1.29, 1.82) is 0 Å². The van der Waals surface area contributed by atoms with Gasteiger partial charge >= 0.3 is 5.97 Å². The summed E-state index contributed by atoms with van der Waals surface area (Å²) in [5.74, 6) is -0.758. The van der Waals surface area contributed by atoms with Crippen molar-refractivity contribution in [3.05, 3.63) is 32.1 Å². The first kappa shape index (κ1) is 26.7. The van der Waals surface area contributed by atoms with Crippen molar-refractivity contribution in [3.63, 3.8) is 0 Å². The number of carbonyl (C=O) groups excluding carboxylic acids is 1. The predicted octanol–water partition coefficient (Wildman–Crippen LogP) is 3.91. The number of carboxylic acid groups (broad SMARTS) is 1. The normalized spacial score (nSPS) is 18.1. The third-order valence-corrected chi connectivity index (χ3v) is 8.79. The molecule has 1 aliphatic rings. The zero-order valence-electron chi connectivity index (χ0n) is 20.0. The van der Waals surface area contributed by atoms with Crippen molar-refractivity contribution in [2.24, 2.45) is 5.92 Å². The predicted molar refractivity (Wildman–Crippen MR) is 138 cm³/mol. The first-order valence-electron chi connectivity index (χ1n) is 11.2. The number of ether oxygens (including phenoxy) is 2. The van der Waals surface area contributed by atoms with E-state index >= 15 is 0 Å². The van der Waals surface area contributed by atoms with E-state index in [1.54, 1.807) is 18.9 Å². The van der Waals surface area contributed by atoms with Crippen LogP contribution in [0.25, 0.3) is 11.5 Å². The Morgan fingerprint density at radius 1 is 1.39 bits per heavy atom. The molecule has 4 rings (SSSR count). The highest BCUT2D eigenvalue weighted by atomic mass is 79.9. The number of thiazole rings is 1. The maximum atomic E-state index is 13.0. The molecule has 14 heteroatoms. The minimum atomic E-state index is -1.08. The van der Waals surface area contributed by atoms with Gasteiger partial charge in [-0.25, -0.2) is 19.4 Å². The van der Waals surface area contributed by atoms with Crippen molar-refractivity contribution in [2.75, 3.05) is 38.8 Å². The molecule has 0 saturated carbocycles. The molecule has 2 atom stereocenters. The molecule has 0 aliphatic carbocycles. The summed E-state index contributed by atoms with van der Waals surface area (Å²) in [4.78, 5) is 39.0. The van der Waals surface area contributed by atoms with Gasteiger partial charge in [-0.05, 0) is 35.2 Å². The van der Waals surface area contributed by atoms with Crippen LogP contribution in [-0.2, 0) is 16.0 Å². The highest BCUT2D eigenvalue weighted by molar-refractivity contribution is 9.10. The van der Waals surface area contributed by atoms with Crippen LogP contribution in [0.4, 0.5) is 5.13 Å². The lowest BCUT2D eigenvalue weighted by atomic mass is 9.88. The lowest BCUT2D eigenvalue weighted by molar-refractivity contribution is 0.0374. The summed E-state index contributed by atoms with van der Waals surface area (Å²) in [6, 6.07) is 0. The maximum absolute atomic E-state index is 13.0. The highest BCUT2D eigenvalue weighted by Crippen LogP contribution is 2.36. The number of halogens is 2. The van der Waals surface area contributed by atoms with Crippen LogP contribution in [-0.4, -0.2) is 81.6 Å². The maximum Gasteiger partial charge on any atom is 0.348 e. The number of nitrogens with zero attached hydrogens (tertiary/aromatic N) is 5. The van der Waals surface area contributed by atoms with E-state index in [1.165, 1.54) is 6.33 Å². The summed E-state index contributed by atoms with van der Waals surface area (Å²) in [5, 5.41) is 15.1. The van der Waals surface area contributed by atoms with Gasteiger partial charge in [0.2, 0.25) is 0 Å². The Balaban J connectivity index is 1.52. The highest BCUT2D eigenvalue weighted by Gasteiger charge is 2.34. The fourth-order valence-electron chi connectivity index (χ4n) is 4.27. The Hall–Kier alpha value is -2.32. The summed E-state index contributed by atoms with van der Waals surface area (Å²) in [5.41, 5.74) is 1.46. The summed E-state index contributed by atoms with van der Waals surface area (Å²) < 4.78 is 13.0. The Kier molecular flexibility index (Phi) is 8.45. The Morgan fingerprint density at radius 3 is 2.81 bits per heavy atom. The number of Topliss-reactive ketones (excluding diaryl/α,β-unsaturated/α-hetero) is 1. The van der Waals surface area contributed by atoms with Crippen molar-refractivity contribution < 1.29 is 24.2 Å². The number of ketones is 1. The van der Waals surface area contributed by atoms with Gasteiger partial charge in [0.1, 0.15) is 16.9 Å². The zero-order valence-corrected chi connectivity index (χ0v) is 23.1. The smallest absolute Gasteiger partial charge is 0.348 e. The van der Waals surface area contributed by atoms with Gasteiger partial charge in [0.25, 0.3) is 0 Å². The number of anilines is 1. The number of aryl methyl sites for hydroxylation is 1. The minimum Gasteiger partial charge on any atom is -0.477 e. The van der Waals surface area contributed by atoms with E-state index in [0.29, 0.717) is 65.2 Å². The van der Waals surface area contributed by atoms with Gasteiger partial charge in [0.15, 0.2) is 16.7 Å². The average Bonchev–Trinajstić information content (AvgIpc) is 3.57. The molecule has 0 spiro atoms. The number of hydrogen-bond donors (Lipinski definition) is 2. The van der Waals surface area contributed by atoms with E-state index in [0.717, 1.165) is 17.0 Å². The molecule has 194 valence electrons. The zero-order chi connectivity index (χ0) is 26.0. The Labute approximate surface area is 224 Å². The number of methoxy groups -OCH3 is 2. The van der Waals surface area contributed by atoms with Gasteiger partial charge in [-0.2, -0.15) is 5.10 Å². The average molecular weight is 602 g/mol. The number of piperidine rings is 1. The summed E-state index contributed by atoms with van der Waals surface area (Å²) in [6.07, 6.45) is 2.11. The van der Waals surface area contributed by atoms with Crippen molar-refractivity contribution in [3.8, 4) is 11.5 Å². The number of aromatic amines is 1. The fourth-order valence-corrected chi connectivity index (χ4v) is 5.97. The van der Waals surface area contributed by atoms with Crippen LogP contribution in [0.1, 0.15) is 38.7 Å². The molecule has 11 nitrogen and oxygen atoms in total. The molecular formula is C22H26BrClN6O5S. The molecule has 1 aliphatic heterocycles. The molecular weight excluding hydrogens is 576 g/mol. The second-order valence-corrected chi connectivity index (χ2v) is 10.6. The van der Waals surface area contributed by atoms with Crippen LogP contribution in [0.5, 0.6) is 0 Å². The first-order valence-corrected chi connectivity index (χ1v) is 13.2. The molecule has 1 fully saturated rings. The number of H-pyrrole nitrogens is 1. The van der Waals surface area contributed by atoms with E-state index < -0.39 is 5.97 Å². The largest absolute Gasteiger partial charge is 0.477 e. The van der Waals surface area contributed by atoms with E-state index in [1.807, 2.05) is 11.8 Å². The van der Waals surface area contributed by atoms with E-state index in [9.17, 15) is 14.7 Å². The lowest BCUT2D eigenvalue weighted by Gasteiger charge is -2.37. The lowest BCUT2D eigenvalue weighted by Crippen LogP contribution is -2.45. The van der Waals surface area contributed by atoms with Gasteiger partial charge in [-0.3, -0.25) is 4.79 Å². The third kappa shape index (κ3) is 5.35. The van der Waals surface area contributed by atoms with Crippen LogP contribution >= 0.6 is 38.9 Å². The summed E-state index contributed by atoms with van der Waals surface area (Å²) in [7, 11) is 3.20. The van der Waals surface area contributed by atoms with Gasteiger partial charge in [-0.1, -0.05) is 22.9 Å². The number of carboxylic acids is 1.